The summed E-state index contributed by atoms with van der Waals surface area (Å²) in [5.74, 6) is 0. The van der Waals surface area contributed by atoms with Crippen molar-refractivity contribution in [3.05, 3.63) is 74.6 Å². The van der Waals surface area contributed by atoms with Gasteiger partial charge in [-0.3, -0.25) is 0 Å². The van der Waals surface area contributed by atoms with Crippen molar-refractivity contribution >= 4 is 32.6 Å². The summed E-state index contributed by atoms with van der Waals surface area (Å²) in [6.07, 6.45) is 0. The van der Waals surface area contributed by atoms with Crippen molar-refractivity contribution in [1.82, 2.24) is 0 Å². The number of aryl methyl sites for hydroxylation is 1. The molecule has 1 aromatic heterocycles. The van der Waals surface area contributed by atoms with Crippen LogP contribution < -0.4 is 10.5 Å². The molecule has 0 aliphatic carbocycles. The van der Waals surface area contributed by atoms with Gasteiger partial charge in [0.25, 0.3) is 0 Å². The van der Waals surface area contributed by atoms with Crippen molar-refractivity contribution in [3.63, 3.8) is 0 Å². The Morgan fingerprint density at radius 2 is 1.91 bits per heavy atom. The van der Waals surface area contributed by atoms with Gasteiger partial charge in [-0.05, 0) is 30.7 Å². The molecule has 3 aromatic rings. The second-order valence-electron chi connectivity index (χ2n) is 5.40. The van der Waals surface area contributed by atoms with E-state index in [2.05, 4.69) is 26.9 Å². The van der Waals surface area contributed by atoms with Crippen LogP contribution in [0, 0.1) is 6.92 Å². The lowest BCUT2D eigenvalue weighted by Crippen LogP contribution is -2.18. The van der Waals surface area contributed by atoms with Gasteiger partial charge in [0.05, 0.1) is 5.69 Å². The maximum Gasteiger partial charge on any atom is 0.338 e. The highest BCUT2D eigenvalue weighted by atomic mass is 79.9. The summed E-state index contributed by atoms with van der Waals surface area (Å²) in [6.45, 7) is 2.73. The van der Waals surface area contributed by atoms with Gasteiger partial charge in [0.15, 0.2) is 0 Å². The summed E-state index contributed by atoms with van der Waals surface area (Å²) < 4.78 is 6.35. The first-order chi connectivity index (χ1) is 10.5. The summed E-state index contributed by atoms with van der Waals surface area (Å²) >= 11 is 3.57. The maximum atomic E-state index is 11.8. The van der Waals surface area contributed by atoms with E-state index in [0.717, 1.165) is 21.1 Å². The van der Waals surface area contributed by atoms with Crippen molar-refractivity contribution in [2.24, 2.45) is 0 Å². The molecule has 112 valence electrons. The van der Waals surface area contributed by atoms with Crippen LogP contribution in [0.25, 0.3) is 11.0 Å². The molecule has 22 heavy (non-hydrogen) atoms. The SMILES string of the molecule is Cc1ccc2oc(=O)cc(N(C)Cc3ccccc3Br)c2c1. The molecule has 1 heterocycles. The number of anilines is 1. The number of nitrogens with zero attached hydrogens (tertiary/aromatic N) is 1. The predicted molar refractivity (Wildman–Crippen MR) is 93.5 cm³/mol. The third-order valence-corrected chi connectivity index (χ3v) is 4.43. The largest absolute Gasteiger partial charge is 0.423 e. The van der Waals surface area contributed by atoms with Crippen molar-refractivity contribution in [2.45, 2.75) is 13.5 Å². The molecule has 0 unspecified atom stereocenters. The van der Waals surface area contributed by atoms with Gasteiger partial charge in [-0.25, -0.2) is 4.79 Å². The number of rotatable bonds is 3. The first kappa shape index (κ1) is 14.9. The molecule has 0 aliphatic heterocycles. The topological polar surface area (TPSA) is 33.5 Å². The summed E-state index contributed by atoms with van der Waals surface area (Å²) in [5, 5.41) is 0.953. The molecular formula is C18H16BrNO2. The van der Waals surface area contributed by atoms with Gasteiger partial charge in [-0.2, -0.15) is 0 Å². The van der Waals surface area contributed by atoms with Crippen molar-refractivity contribution in [2.75, 3.05) is 11.9 Å². The lowest BCUT2D eigenvalue weighted by molar-refractivity contribution is 0.560. The minimum absolute atomic E-state index is 0.328. The van der Waals surface area contributed by atoms with Gasteiger partial charge in [-0.1, -0.05) is 45.8 Å². The van der Waals surface area contributed by atoms with E-state index < -0.39 is 0 Å². The Morgan fingerprint density at radius 3 is 2.68 bits per heavy atom. The van der Waals surface area contributed by atoms with E-state index in [-0.39, 0.29) is 5.63 Å². The number of benzene rings is 2. The average Bonchev–Trinajstić information content (AvgIpc) is 2.49. The molecule has 0 N–H and O–H groups in total. The molecule has 0 radical (unpaired) electrons. The minimum Gasteiger partial charge on any atom is -0.423 e. The number of halogens is 1. The van der Waals surface area contributed by atoms with E-state index in [1.54, 1.807) is 6.07 Å². The monoisotopic (exact) mass is 357 g/mol. The van der Waals surface area contributed by atoms with Gasteiger partial charge >= 0.3 is 5.63 Å². The molecule has 0 aliphatic rings. The molecule has 2 aromatic carbocycles. The van der Waals surface area contributed by atoms with Crippen LogP contribution in [0.3, 0.4) is 0 Å². The molecule has 0 atom stereocenters. The standard InChI is InChI=1S/C18H16BrNO2/c1-12-7-8-17-14(9-12)16(10-18(21)22-17)20(2)11-13-5-3-4-6-15(13)19/h3-10H,11H2,1-2H3. The fourth-order valence-electron chi connectivity index (χ4n) is 2.54. The first-order valence-corrected chi connectivity index (χ1v) is 7.83. The predicted octanol–water partition coefficient (Wildman–Crippen LogP) is 4.50. The Kier molecular flexibility index (Phi) is 4.03. The number of fused-ring (bicyclic) bond motifs is 1. The summed E-state index contributed by atoms with van der Waals surface area (Å²) in [5.41, 5.74) is 3.47. The van der Waals surface area contributed by atoms with E-state index in [4.69, 9.17) is 4.42 Å². The number of hydrogen-bond donors (Lipinski definition) is 0. The van der Waals surface area contributed by atoms with Crippen molar-refractivity contribution < 1.29 is 4.42 Å². The fraction of sp³-hybridized carbons (Fsp3) is 0.167. The van der Waals surface area contributed by atoms with Crippen molar-refractivity contribution in [1.29, 1.82) is 0 Å². The van der Waals surface area contributed by atoms with Gasteiger partial charge in [0, 0.05) is 29.5 Å². The van der Waals surface area contributed by atoms with E-state index >= 15 is 0 Å². The van der Waals surface area contributed by atoms with E-state index in [1.807, 2.05) is 50.4 Å². The van der Waals surface area contributed by atoms with Crippen LogP contribution in [0.5, 0.6) is 0 Å². The molecular weight excluding hydrogens is 342 g/mol. The molecule has 3 nitrogen and oxygen atoms in total. The number of hydrogen-bond acceptors (Lipinski definition) is 3. The summed E-state index contributed by atoms with van der Waals surface area (Å²) in [4.78, 5) is 13.9. The molecule has 0 saturated carbocycles. The van der Waals surface area contributed by atoms with Crippen molar-refractivity contribution in [3.8, 4) is 0 Å². The Bertz CT molecular complexity index is 886. The van der Waals surface area contributed by atoms with Gasteiger partial charge in [-0.15, -0.1) is 0 Å². The zero-order chi connectivity index (χ0) is 15.7. The van der Waals surface area contributed by atoms with Crippen LogP contribution in [-0.2, 0) is 6.54 Å². The molecule has 0 fully saturated rings. The molecule has 4 heteroatoms. The highest BCUT2D eigenvalue weighted by molar-refractivity contribution is 9.10. The zero-order valence-electron chi connectivity index (χ0n) is 12.5. The minimum atomic E-state index is -0.328. The third-order valence-electron chi connectivity index (χ3n) is 3.65. The first-order valence-electron chi connectivity index (χ1n) is 7.03. The molecule has 0 amide bonds. The van der Waals surface area contributed by atoms with Crippen LogP contribution in [0.4, 0.5) is 5.69 Å². The Morgan fingerprint density at radius 1 is 1.14 bits per heavy atom. The molecule has 0 spiro atoms. The van der Waals surface area contributed by atoms with E-state index in [1.165, 1.54) is 5.56 Å². The van der Waals surface area contributed by atoms with Crippen LogP contribution in [-0.4, -0.2) is 7.05 Å². The lowest BCUT2D eigenvalue weighted by Gasteiger charge is -2.21. The van der Waals surface area contributed by atoms with Crippen LogP contribution >= 0.6 is 15.9 Å². The normalized spacial score (nSPS) is 10.9. The van der Waals surface area contributed by atoms with Crippen LogP contribution in [0.15, 0.2) is 62.2 Å². The Labute approximate surface area is 137 Å². The lowest BCUT2D eigenvalue weighted by atomic mass is 10.1. The zero-order valence-corrected chi connectivity index (χ0v) is 14.1. The highest BCUT2D eigenvalue weighted by Crippen LogP contribution is 2.27. The maximum absolute atomic E-state index is 11.8. The third kappa shape index (κ3) is 2.92. The smallest absolute Gasteiger partial charge is 0.338 e. The molecule has 0 saturated heterocycles. The Balaban J connectivity index is 2.07. The summed E-state index contributed by atoms with van der Waals surface area (Å²) in [7, 11) is 1.98. The summed E-state index contributed by atoms with van der Waals surface area (Å²) in [6, 6.07) is 15.5. The second kappa shape index (κ2) is 5.97. The highest BCUT2D eigenvalue weighted by Gasteiger charge is 2.11. The fourth-order valence-corrected chi connectivity index (χ4v) is 2.95. The molecule has 3 rings (SSSR count). The van der Waals surface area contributed by atoms with Crippen LogP contribution in [0.2, 0.25) is 0 Å². The van der Waals surface area contributed by atoms with Gasteiger partial charge < -0.3 is 9.32 Å². The van der Waals surface area contributed by atoms with E-state index in [0.29, 0.717) is 12.1 Å². The average molecular weight is 358 g/mol. The van der Waals surface area contributed by atoms with Gasteiger partial charge in [0.2, 0.25) is 0 Å². The Hall–Kier alpha value is -2.07. The molecule has 0 bridgehead atoms. The van der Waals surface area contributed by atoms with Gasteiger partial charge in [0.1, 0.15) is 5.58 Å². The van der Waals surface area contributed by atoms with E-state index in [9.17, 15) is 4.79 Å². The van der Waals surface area contributed by atoms with Crippen LogP contribution in [0.1, 0.15) is 11.1 Å². The second-order valence-corrected chi connectivity index (χ2v) is 6.25. The quantitative estimate of drug-likeness (QED) is 0.647.